The zero-order chi connectivity index (χ0) is 29.4. The molecule has 0 saturated carbocycles. The zero-order valence-electron chi connectivity index (χ0n) is 22.4. The maximum absolute atomic E-state index is 13.4. The standard InChI is InChI=1S/C25H33N7O7S/c1-14(33)26-23-28-18(19(40-23)21(35)32-12-10-16(11-13-32)20(34)31(2)3)9-6-15-4-7-17(8-5-15)27-22(29-24(36)37)30-25(38)39/h4-5,7-8,16,22,27,29-30H,6,9-13H2,1-3H3,(H,36,37)(H,38,39)(H,26,28,33). The van der Waals surface area contributed by atoms with Gasteiger partial charge in [-0.15, -0.1) is 0 Å². The van der Waals surface area contributed by atoms with Crippen molar-refractivity contribution in [2.45, 2.75) is 38.9 Å². The smallest absolute Gasteiger partial charge is 0.407 e. The molecule has 1 aliphatic rings. The van der Waals surface area contributed by atoms with E-state index in [1.54, 1.807) is 48.2 Å². The molecule has 1 saturated heterocycles. The number of aromatic nitrogens is 1. The van der Waals surface area contributed by atoms with Crippen molar-refractivity contribution in [3.05, 3.63) is 40.4 Å². The van der Waals surface area contributed by atoms with Crippen LogP contribution in [0.4, 0.5) is 20.4 Å². The minimum atomic E-state index is -1.40. The van der Waals surface area contributed by atoms with Gasteiger partial charge >= 0.3 is 12.2 Å². The number of thiazole rings is 1. The molecule has 1 aromatic heterocycles. The fourth-order valence-corrected chi connectivity index (χ4v) is 5.31. The number of carbonyl (C=O) groups is 5. The summed E-state index contributed by atoms with van der Waals surface area (Å²) in [6.45, 7) is 2.28. The van der Waals surface area contributed by atoms with Gasteiger partial charge in [0, 0.05) is 45.7 Å². The molecule has 216 valence electrons. The fourth-order valence-electron chi connectivity index (χ4n) is 4.28. The highest BCUT2D eigenvalue weighted by Gasteiger charge is 2.31. The third kappa shape index (κ3) is 8.56. The molecule has 2 heterocycles. The van der Waals surface area contributed by atoms with Gasteiger partial charge in [-0.3, -0.25) is 25.0 Å². The van der Waals surface area contributed by atoms with Crippen LogP contribution in [0.15, 0.2) is 24.3 Å². The van der Waals surface area contributed by atoms with Crippen molar-refractivity contribution >= 4 is 52.1 Å². The topological polar surface area (TPSA) is 193 Å². The number of aryl methyl sites for hydroxylation is 2. The van der Waals surface area contributed by atoms with Crippen molar-refractivity contribution in [3.63, 3.8) is 0 Å². The summed E-state index contributed by atoms with van der Waals surface area (Å²) >= 11 is 1.13. The Morgan fingerprint density at radius 2 is 1.62 bits per heavy atom. The Labute approximate surface area is 234 Å². The normalized spacial score (nSPS) is 13.4. The molecule has 5 amide bonds. The number of hydrogen-bond donors (Lipinski definition) is 6. The van der Waals surface area contributed by atoms with Crippen LogP contribution in [0, 0.1) is 5.92 Å². The molecular weight excluding hydrogens is 542 g/mol. The largest absolute Gasteiger partial charge is 0.465 e. The second-order valence-electron chi connectivity index (χ2n) is 9.45. The van der Waals surface area contributed by atoms with Gasteiger partial charge in [-0.1, -0.05) is 23.5 Å². The van der Waals surface area contributed by atoms with Gasteiger partial charge in [0.2, 0.25) is 11.8 Å². The number of carbonyl (C=O) groups excluding carboxylic acids is 3. The summed E-state index contributed by atoms with van der Waals surface area (Å²) in [5.41, 5.74) is 1.93. The Balaban J connectivity index is 1.68. The molecule has 3 rings (SSSR count). The van der Waals surface area contributed by atoms with Crippen LogP contribution in [0.3, 0.4) is 0 Å². The second-order valence-corrected chi connectivity index (χ2v) is 10.4. The number of piperidine rings is 1. The monoisotopic (exact) mass is 575 g/mol. The van der Waals surface area contributed by atoms with Crippen LogP contribution in [0.2, 0.25) is 0 Å². The van der Waals surface area contributed by atoms with E-state index in [1.165, 1.54) is 6.92 Å². The maximum atomic E-state index is 13.4. The number of rotatable bonds is 10. The molecule has 40 heavy (non-hydrogen) atoms. The molecule has 0 spiro atoms. The van der Waals surface area contributed by atoms with Crippen molar-refractivity contribution in [1.29, 1.82) is 0 Å². The predicted molar refractivity (Wildman–Crippen MR) is 147 cm³/mol. The summed E-state index contributed by atoms with van der Waals surface area (Å²) in [6, 6.07) is 6.92. The van der Waals surface area contributed by atoms with E-state index in [0.29, 0.717) is 60.2 Å². The summed E-state index contributed by atoms with van der Waals surface area (Å²) in [7, 11) is 3.45. The van der Waals surface area contributed by atoms with Crippen LogP contribution < -0.4 is 21.3 Å². The summed E-state index contributed by atoms with van der Waals surface area (Å²) < 4.78 is 0. The number of amides is 5. The van der Waals surface area contributed by atoms with Gasteiger partial charge in [-0.2, -0.15) is 0 Å². The van der Waals surface area contributed by atoms with E-state index in [0.717, 1.165) is 16.9 Å². The quantitative estimate of drug-likeness (QED) is 0.230. The molecular formula is C25H33N7O7S. The third-order valence-electron chi connectivity index (χ3n) is 6.20. The van der Waals surface area contributed by atoms with E-state index in [2.05, 4.69) is 15.6 Å². The highest BCUT2D eigenvalue weighted by molar-refractivity contribution is 7.17. The average molecular weight is 576 g/mol. The SMILES string of the molecule is CC(=O)Nc1nc(CCc2ccc(NC(NC(=O)O)NC(=O)O)cc2)c(C(=O)N2CCC(C(=O)N(C)C)CC2)s1. The Hall–Kier alpha value is -4.40. The number of nitrogens with one attached hydrogen (secondary N) is 4. The lowest BCUT2D eigenvalue weighted by Gasteiger charge is -2.32. The molecule has 0 aliphatic carbocycles. The molecule has 1 aromatic carbocycles. The van der Waals surface area contributed by atoms with Gasteiger partial charge in [-0.25, -0.2) is 14.6 Å². The summed E-state index contributed by atoms with van der Waals surface area (Å²) in [5.74, 6) is -0.519. The van der Waals surface area contributed by atoms with E-state index in [9.17, 15) is 24.0 Å². The first-order valence-electron chi connectivity index (χ1n) is 12.5. The van der Waals surface area contributed by atoms with E-state index in [-0.39, 0.29) is 23.6 Å². The van der Waals surface area contributed by atoms with Crippen molar-refractivity contribution in [2.24, 2.45) is 5.92 Å². The summed E-state index contributed by atoms with van der Waals surface area (Å²) in [5, 5.41) is 27.5. The van der Waals surface area contributed by atoms with Crippen molar-refractivity contribution < 1.29 is 34.2 Å². The van der Waals surface area contributed by atoms with Crippen LogP contribution in [0.25, 0.3) is 0 Å². The zero-order valence-corrected chi connectivity index (χ0v) is 23.2. The first kappa shape index (κ1) is 30.1. The molecule has 2 aromatic rings. The lowest BCUT2D eigenvalue weighted by atomic mass is 9.95. The Kier molecular flexibility index (Phi) is 10.2. The van der Waals surface area contributed by atoms with Crippen molar-refractivity contribution in [1.82, 2.24) is 25.4 Å². The molecule has 1 fully saturated rings. The number of hydrogen-bond acceptors (Lipinski definition) is 8. The number of carboxylic acid groups (broad SMARTS) is 2. The van der Waals surface area contributed by atoms with Crippen LogP contribution in [-0.4, -0.2) is 88.4 Å². The number of likely N-dealkylation sites (tertiary alicyclic amines) is 1. The molecule has 0 atom stereocenters. The van der Waals surface area contributed by atoms with Gasteiger partial charge in [0.15, 0.2) is 11.4 Å². The van der Waals surface area contributed by atoms with E-state index < -0.39 is 18.5 Å². The van der Waals surface area contributed by atoms with Gasteiger partial charge in [-0.05, 0) is 43.4 Å². The van der Waals surface area contributed by atoms with Crippen molar-refractivity contribution in [3.8, 4) is 0 Å². The van der Waals surface area contributed by atoms with Gasteiger partial charge in [0.05, 0.1) is 5.69 Å². The number of anilines is 2. The summed E-state index contributed by atoms with van der Waals surface area (Å²) in [6.07, 6.45) is -1.94. The predicted octanol–water partition coefficient (Wildman–Crippen LogP) is 2.06. The molecule has 0 radical (unpaired) electrons. The Morgan fingerprint density at radius 3 is 2.15 bits per heavy atom. The molecule has 6 N–H and O–H groups in total. The van der Waals surface area contributed by atoms with E-state index in [1.807, 2.05) is 10.6 Å². The fraction of sp³-hybridized carbons (Fsp3) is 0.440. The summed E-state index contributed by atoms with van der Waals surface area (Å²) in [4.78, 5) is 67.4. The molecule has 14 nitrogen and oxygen atoms in total. The lowest BCUT2D eigenvalue weighted by molar-refractivity contribution is -0.134. The molecule has 0 unspecified atom stereocenters. The minimum absolute atomic E-state index is 0.0616. The van der Waals surface area contributed by atoms with Crippen LogP contribution in [0.5, 0.6) is 0 Å². The second kappa shape index (κ2) is 13.6. The first-order chi connectivity index (χ1) is 18.9. The van der Waals surface area contributed by atoms with E-state index >= 15 is 0 Å². The highest BCUT2D eigenvalue weighted by Crippen LogP contribution is 2.28. The highest BCUT2D eigenvalue weighted by atomic mass is 32.1. The number of nitrogens with zero attached hydrogens (tertiary/aromatic N) is 3. The van der Waals surface area contributed by atoms with Crippen LogP contribution >= 0.6 is 11.3 Å². The number of benzene rings is 1. The minimum Gasteiger partial charge on any atom is -0.465 e. The van der Waals surface area contributed by atoms with Gasteiger partial charge in [0.1, 0.15) is 4.88 Å². The third-order valence-corrected chi connectivity index (χ3v) is 7.20. The maximum Gasteiger partial charge on any atom is 0.407 e. The van der Waals surface area contributed by atoms with Gasteiger partial charge < -0.3 is 30.6 Å². The Morgan fingerprint density at radius 1 is 1.02 bits per heavy atom. The van der Waals surface area contributed by atoms with E-state index in [4.69, 9.17) is 10.2 Å². The first-order valence-corrected chi connectivity index (χ1v) is 13.4. The lowest BCUT2D eigenvalue weighted by Crippen LogP contribution is -2.52. The Bertz CT molecular complexity index is 1220. The van der Waals surface area contributed by atoms with Crippen LogP contribution in [0.1, 0.15) is 40.7 Å². The van der Waals surface area contributed by atoms with Crippen molar-refractivity contribution in [2.75, 3.05) is 37.8 Å². The molecule has 1 aliphatic heterocycles. The van der Waals surface area contributed by atoms with Crippen LogP contribution in [-0.2, 0) is 22.4 Å². The molecule has 15 heteroatoms. The molecule has 0 bridgehead atoms. The van der Waals surface area contributed by atoms with Gasteiger partial charge in [0.25, 0.3) is 5.91 Å². The average Bonchev–Trinajstić information content (AvgIpc) is 3.28.